The largest absolute Gasteiger partial charge is 0.466 e. The first-order valence-electron chi connectivity index (χ1n) is 3.85. The third-order valence-electron chi connectivity index (χ3n) is 1.33. The fourth-order valence-electron chi connectivity index (χ4n) is 0.728. The van der Waals surface area contributed by atoms with Crippen LogP contribution in [0.1, 0.15) is 13.3 Å². The van der Waals surface area contributed by atoms with E-state index in [1.807, 2.05) is 0 Å². The number of nitrogens with zero attached hydrogens (tertiary/aromatic N) is 2. The van der Waals surface area contributed by atoms with E-state index < -0.39 is 5.97 Å². The third-order valence-corrected chi connectivity index (χ3v) is 1.33. The van der Waals surface area contributed by atoms with Gasteiger partial charge in [-0.2, -0.15) is 10.5 Å². The Morgan fingerprint density at radius 1 is 1.50 bits per heavy atom. The van der Waals surface area contributed by atoms with Crippen molar-refractivity contribution in [2.45, 2.75) is 13.3 Å². The maximum atomic E-state index is 11.0. The molecule has 6 nitrogen and oxygen atoms in total. The van der Waals surface area contributed by atoms with Crippen molar-refractivity contribution in [3.05, 3.63) is 11.3 Å². The minimum atomic E-state index is -0.538. The van der Waals surface area contributed by atoms with Gasteiger partial charge >= 0.3 is 5.97 Å². The first kappa shape index (κ1) is 11.9. The number of allylic oxidation sites excluding steroid dienone is 1. The molecule has 0 atom stereocenters. The summed E-state index contributed by atoms with van der Waals surface area (Å²) in [7, 11) is 0. The molecule has 0 fully saturated rings. The second-order valence-corrected chi connectivity index (χ2v) is 2.20. The van der Waals surface area contributed by atoms with E-state index in [1.54, 1.807) is 19.1 Å². The molecule has 0 saturated carbocycles. The number of carbonyl (C=O) groups excluding carboxylic acids is 1. The average Bonchev–Trinajstić information content (AvgIpc) is 2.18. The monoisotopic (exact) mass is 194 g/mol. The molecule has 0 bridgehead atoms. The van der Waals surface area contributed by atoms with E-state index in [0.717, 1.165) is 0 Å². The van der Waals surface area contributed by atoms with Gasteiger partial charge in [0, 0.05) is 0 Å². The highest BCUT2D eigenvalue weighted by molar-refractivity contribution is 5.73. The molecule has 6 heteroatoms. The molecule has 0 aromatic heterocycles. The van der Waals surface area contributed by atoms with Gasteiger partial charge in [0.05, 0.1) is 18.7 Å². The lowest BCUT2D eigenvalue weighted by atomic mass is 10.2. The molecule has 74 valence electrons. The summed E-state index contributed by atoms with van der Waals surface area (Å²) < 4.78 is 4.63. The lowest BCUT2D eigenvalue weighted by Gasteiger charge is -2.05. The van der Waals surface area contributed by atoms with Crippen molar-refractivity contribution in [2.75, 3.05) is 6.61 Å². The molecule has 0 unspecified atom stereocenters. The van der Waals surface area contributed by atoms with Gasteiger partial charge in [0.15, 0.2) is 0 Å². The highest BCUT2D eigenvalue weighted by Crippen LogP contribution is 2.04. The summed E-state index contributed by atoms with van der Waals surface area (Å²) in [6.45, 7) is 1.90. The molecule has 0 amide bonds. The Labute approximate surface area is 81.5 Å². The van der Waals surface area contributed by atoms with Crippen LogP contribution in [0.4, 0.5) is 0 Å². The lowest BCUT2D eigenvalue weighted by molar-refractivity contribution is -0.142. The van der Waals surface area contributed by atoms with Crippen molar-refractivity contribution >= 4 is 5.97 Å². The zero-order valence-corrected chi connectivity index (χ0v) is 7.70. The first-order chi connectivity index (χ1) is 6.69. The quantitative estimate of drug-likeness (QED) is 0.275. The molecule has 0 aliphatic rings. The van der Waals surface area contributed by atoms with Gasteiger partial charge in [-0.05, 0) is 6.92 Å². The van der Waals surface area contributed by atoms with E-state index in [2.05, 4.69) is 10.2 Å². The van der Waals surface area contributed by atoms with Crippen LogP contribution in [0.25, 0.3) is 0 Å². The second kappa shape index (κ2) is 6.46. The fourth-order valence-corrected chi connectivity index (χ4v) is 0.728. The Kier molecular flexibility index (Phi) is 5.52. The van der Waals surface area contributed by atoms with Gasteiger partial charge < -0.3 is 10.2 Å². The van der Waals surface area contributed by atoms with Crippen LogP contribution in [-0.2, 0) is 9.53 Å². The van der Waals surface area contributed by atoms with Crippen LogP contribution >= 0.6 is 0 Å². The number of nitrogens with two attached hydrogens (primary N) is 1. The summed E-state index contributed by atoms with van der Waals surface area (Å²) in [6.07, 6.45) is -0.208. The minimum Gasteiger partial charge on any atom is -0.466 e. The average molecular weight is 194 g/mol. The minimum absolute atomic E-state index is 0.0634. The highest BCUT2D eigenvalue weighted by atomic mass is 16.5. The van der Waals surface area contributed by atoms with Crippen molar-refractivity contribution in [1.82, 2.24) is 5.43 Å². The van der Waals surface area contributed by atoms with Gasteiger partial charge in [0.2, 0.25) is 0 Å². The van der Waals surface area contributed by atoms with E-state index >= 15 is 0 Å². The number of rotatable bonds is 4. The summed E-state index contributed by atoms with van der Waals surface area (Å²) in [4.78, 5) is 11.0. The molecular formula is C8H10N4O2. The van der Waals surface area contributed by atoms with Gasteiger partial charge in [0.1, 0.15) is 17.7 Å². The van der Waals surface area contributed by atoms with Crippen LogP contribution in [0.3, 0.4) is 0 Å². The zero-order chi connectivity index (χ0) is 11.0. The molecule has 14 heavy (non-hydrogen) atoms. The number of nitrogens with one attached hydrogen (secondary N) is 1. The van der Waals surface area contributed by atoms with E-state index in [4.69, 9.17) is 16.4 Å². The van der Waals surface area contributed by atoms with Gasteiger partial charge in [0.25, 0.3) is 0 Å². The summed E-state index contributed by atoms with van der Waals surface area (Å²) >= 11 is 0. The fraction of sp³-hybridized carbons (Fsp3) is 0.375. The van der Waals surface area contributed by atoms with E-state index in [0.29, 0.717) is 0 Å². The molecule has 0 aliphatic heterocycles. The Balaban J connectivity index is 4.61. The van der Waals surface area contributed by atoms with Crippen molar-refractivity contribution in [3.63, 3.8) is 0 Å². The zero-order valence-electron chi connectivity index (χ0n) is 7.70. The Morgan fingerprint density at radius 3 is 2.43 bits per heavy atom. The number of hydrogen-bond donors (Lipinski definition) is 2. The van der Waals surface area contributed by atoms with Gasteiger partial charge in [-0.25, -0.2) is 0 Å². The topological polar surface area (TPSA) is 112 Å². The maximum absolute atomic E-state index is 11.0. The highest BCUT2D eigenvalue weighted by Gasteiger charge is 2.10. The standard InChI is InChI=1S/C8H10N4O2/c1-2-14-8(13)3-7(12-11)6(4-9)5-10/h12H,2-3,11H2,1H3. The number of nitriles is 2. The number of ether oxygens (including phenoxy) is 1. The molecule has 0 radical (unpaired) electrons. The van der Waals surface area contributed by atoms with Crippen LogP contribution in [-0.4, -0.2) is 12.6 Å². The maximum Gasteiger partial charge on any atom is 0.311 e. The first-order valence-corrected chi connectivity index (χ1v) is 3.85. The lowest BCUT2D eigenvalue weighted by Crippen LogP contribution is -2.25. The van der Waals surface area contributed by atoms with Crippen molar-refractivity contribution in [3.8, 4) is 12.1 Å². The number of hydrazine groups is 1. The molecule has 0 heterocycles. The normalized spacial score (nSPS) is 8.00. The summed E-state index contributed by atoms with van der Waals surface area (Å²) in [6, 6.07) is 3.24. The molecule has 0 rings (SSSR count). The van der Waals surface area contributed by atoms with Crippen LogP contribution < -0.4 is 11.3 Å². The Bertz CT molecular complexity index is 305. The predicted molar refractivity (Wildman–Crippen MR) is 46.8 cm³/mol. The predicted octanol–water partition coefficient (Wildman–Crippen LogP) is -0.296. The molecule has 0 aromatic rings. The Morgan fingerprint density at radius 2 is 2.07 bits per heavy atom. The number of hydrogen-bond acceptors (Lipinski definition) is 6. The van der Waals surface area contributed by atoms with E-state index in [-0.39, 0.29) is 24.3 Å². The molecule has 0 spiro atoms. The summed E-state index contributed by atoms with van der Waals surface area (Å²) in [5.74, 6) is 4.51. The van der Waals surface area contributed by atoms with Crippen LogP contribution in [0.5, 0.6) is 0 Å². The van der Waals surface area contributed by atoms with Crippen LogP contribution in [0.15, 0.2) is 11.3 Å². The number of carbonyl (C=O) groups is 1. The van der Waals surface area contributed by atoms with E-state index in [1.165, 1.54) is 0 Å². The Hall–Kier alpha value is -2.05. The van der Waals surface area contributed by atoms with Crippen molar-refractivity contribution in [2.24, 2.45) is 5.84 Å². The van der Waals surface area contributed by atoms with E-state index in [9.17, 15) is 4.79 Å². The van der Waals surface area contributed by atoms with Gasteiger partial charge in [-0.15, -0.1) is 0 Å². The smallest absolute Gasteiger partial charge is 0.311 e. The third kappa shape index (κ3) is 3.57. The SMILES string of the molecule is CCOC(=O)CC(NN)=C(C#N)C#N. The molecular weight excluding hydrogens is 184 g/mol. The second-order valence-electron chi connectivity index (χ2n) is 2.20. The van der Waals surface area contributed by atoms with Gasteiger partial charge in [-0.1, -0.05) is 0 Å². The van der Waals surface area contributed by atoms with Crippen LogP contribution in [0, 0.1) is 22.7 Å². The molecule has 0 aliphatic carbocycles. The molecule has 0 saturated heterocycles. The molecule has 0 aromatic carbocycles. The molecule has 3 N–H and O–H groups in total. The van der Waals surface area contributed by atoms with Crippen molar-refractivity contribution < 1.29 is 9.53 Å². The summed E-state index contributed by atoms with van der Waals surface area (Å²) in [5.41, 5.74) is 1.97. The van der Waals surface area contributed by atoms with Gasteiger partial charge in [-0.3, -0.25) is 10.6 Å². The van der Waals surface area contributed by atoms with Crippen molar-refractivity contribution in [1.29, 1.82) is 10.5 Å². The van der Waals surface area contributed by atoms with Crippen LogP contribution in [0.2, 0.25) is 0 Å². The number of esters is 1. The summed E-state index contributed by atoms with van der Waals surface area (Å²) in [5, 5.41) is 17.0.